The van der Waals surface area contributed by atoms with Gasteiger partial charge < -0.3 is 5.73 Å². The summed E-state index contributed by atoms with van der Waals surface area (Å²) in [6.45, 7) is 8.13. The van der Waals surface area contributed by atoms with Crippen LogP contribution in [0.15, 0.2) is 12.3 Å². The molecule has 0 atom stereocenters. The van der Waals surface area contributed by atoms with Crippen LogP contribution < -0.4 is 5.73 Å². The summed E-state index contributed by atoms with van der Waals surface area (Å²) in [6.07, 6.45) is 1.66. The van der Waals surface area contributed by atoms with Gasteiger partial charge in [-0.05, 0) is 25.8 Å². The summed E-state index contributed by atoms with van der Waals surface area (Å²) in [6, 6.07) is 1.96. The molecule has 0 radical (unpaired) electrons. The van der Waals surface area contributed by atoms with Crippen LogP contribution in [0.3, 0.4) is 0 Å². The number of hydrogen-bond donors (Lipinski definition) is 1. The van der Waals surface area contributed by atoms with E-state index in [4.69, 9.17) is 5.73 Å². The molecular weight excluding hydrogens is 228 g/mol. The lowest BCUT2D eigenvalue weighted by Crippen LogP contribution is -2.13. The molecule has 0 unspecified atom stereocenters. The first-order valence-electron chi connectivity index (χ1n) is 6.09. The van der Waals surface area contributed by atoms with E-state index in [2.05, 4.69) is 10.1 Å². The summed E-state index contributed by atoms with van der Waals surface area (Å²) in [4.78, 5) is 16.1. The first-order valence-corrected chi connectivity index (χ1v) is 6.09. The fourth-order valence-electron chi connectivity index (χ4n) is 1.91. The summed E-state index contributed by atoms with van der Waals surface area (Å²) in [5.74, 6) is -0.199. The highest BCUT2D eigenvalue weighted by molar-refractivity contribution is 6.04. The van der Waals surface area contributed by atoms with E-state index in [1.54, 1.807) is 12.3 Å². The Morgan fingerprint density at radius 1 is 1.33 bits per heavy atom. The number of primary amides is 1. The van der Waals surface area contributed by atoms with Crippen LogP contribution in [-0.2, 0) is 0 Å². The van der Waals surface area contributed by atoms with Gasteiger partial charge in [-0.1, -0.05) is 13.8 Å². The molecule has 0 fully saturated rings. The second-order valence-electron chi connectivity index (χ2n) is 5.03. The Hall–Kier alpha value is -1.91. The molecule has 0 spiro atoms. The lowest BCUT2D eigenvalue weighted by atomic mass is 10.1. The highest BCUT2D eigenvalue weighted by Gasteiger charge is 2.16. The second kappa shape index (κ2) is 4.40. The van der Waals surface area contributed by atoms with E-state index >= 15 is 0 Å². The number of pyridine rings is 1. The van der Waals surface area contributed by atoms with Gasteiger partial charge in [0.05, 0.1) is 17.1 Å². The van der Waals surface area contributed by atoms with Crippen molar-refractivity contribution >= 4 is 16.9 Å². The second-order valence-corrected chi connectivity index (χ2v) is 5.03. The molecule has 5 heteroatoms. The van der Waals surface area contributed by atoms with Crippen molar-refractivity contribution in [3.8, 4) is 0 Å². The van der Waals surface area contributed by atoms with Gasteiger partial charge >= 0.3 is 0 Å². The zero-order valence-electron chi connectivity index (χ0n) is 11.1. The molecule has 1 amide bonds. The molecule has 2 aromatic rings. The van der Waals surface area contributed by atoms with E-state index in [0.29, 0.717) is 5.56 Å². The molecule has 0 aliphatic rings. The van der Waals surface area contributed by atoms with Gasteiger partial charge in [0.15, 0.2) is 5.65 Å². The molecule has 0 aliphatic carbocycles. The maximum absolute atomic E-state index is 11.5. The van der Waals surface area contributed by atoms with E-state index in [1.165, 1.54) is 0 Å². The molecule has 0 aromatic carbocycles. The Kier molecular flexibility index (Phi) is 3.07. The molecule has 0 saturated heterocycles. The molecule has 0 aliphatic heterocycles. The normalized spacial score (nSPS) is 11.7. The summed E-state index contributed by atoms with van der Waals surface area (Å²) in [5, 5.41) is 5.01. The Bertz CT molecular complexity index is 598. The van der Waals surface area contributed by atoms with Gasteiger partial charge in [-0.3, -0.25) is 4.79 Å². The van der Waals surface area contributed by atoms with E-state index in [0.717, 1.165) is 16.7 Å². The maximum Gasteiger partial charge on any atom is 0.249 e. The van der Waals surface area contributed by atoms with Gasteiger partial charge in [0.2, 0.25) is 5.91 Å². The fraction of sp³-hybridized carbons (Fsp3) is 0.462. The number of fused-ring (bicyclic) bond motifs is 1. The van der Waals surface area contributed by atoms with Crippen LogP contribution in [0.2, 0.25) is 0 Å². The third-order valence-electron chi connectivity index (χ3n) is 2.93. The predicted molar refractivity (Wildman–Crippen MR) is 70.5 cm³/mol. The first kappa shape index (κ1) is 12.5. The average Bonchev–Trinajstić information content (AvgIpc) is 2.70. The van der Waals surface area contributed by atoms with Gasteiger partial charge in [-0.25, -0.2) is 9.67 Å². The van der Waals surface area contributed by atoms with E-state index in [1.807, 2.05) is 32.4 Å². The molecule has 2 rings (SSSR count). The fourth-order valence-corrected chi connectivity index (χ4v) is 1.91. The summed E-state index contributed by atoms with van der Waals surface area (Å²) in [7, 11) is 0. The number of nitrogens with two attached hydrogens (primary N) is 1. The number of aromatic nitrogens is 3. The van der Waals surface area contributed by atoms with Crippen LogP contribution in [0.25, 0.3) is 11.0 Å². The van der Waals surface area contributed by atoms with Crippen molar-refractivity contribution in [3.05, 3.63) is 23.5 Å². The number of amides is 1. The number of nitrogens with zero attached hydrogens (tertiary/aromatic N) is 3. The van der Waals surface area contributed by atoms with Crippen LogP contribution in [0.4, 0.5) is 0 Å². The van der Waals surface area contributed by atoms with E-state index in [-0.39, 0.29) is 12.0 Å². The highest BCUT2D eigenvalue weighted by Crippen LogP contribution is 2.23. The quantitative estimate of drug-likeness (QED) is 0.902. The largest absolute Gasteiger partial charge is 0.366 e. The monoisotopic (exact) mass is 246 g/mol. The van der Waals surface area contributed by atoms with E-state index < -0.39 is 5.91 Å². The van der Waals surface area contributed by atoms with Crippen LogP contribution in [0.5, 0.6) is 0 Å². The van der Waals surface area contributed by atoms with Crippen LogP contribution in [-0.4, -0.2) is 20.7 Å². The van der Waals surface area contributed by atoms with Crippen molar-refractivity contribution in [2.45, 2.75) is 39.7 Å². The van der Waals surface area contributed by atoms with Crippen molar-refractivity contribution < 1.29 is 4.79 Å². The lowest BCUT2D eigenvalue weighted by Gasteiger charge is -2.10. The van der Waals surface area contributed by atoms with Gasteiger partial charge in [-0.2, -0.15) is 5.10 Å². The minimum absolute atomic E-state index is 0.193. The summed E-state index contributed by atoms with van der Waals surface area (Å²) < 4.78 is 1.81. The predicted octanol–water partition coefficient (Wildman–Crippen LogP) is 2.23. The van der Waals surface area contributed by atoms with Gasteiger partial charge in [-0.15, -0.1) is 0 Å². The third-order valence-corrected chi connectivity index (χ3v) is 2.93. The molecule has 0 bridgehead atoms. The SMILES string of the molecule is CC(C)c1cc(C(N)=O)c2cnn(C(C)C)c2n1. The van der Waals surface area contributed by atoms with Crippen molar-refractivity contribution in [2.24, 2.45) is 5.73 Å². The van der Waals surface area contributed by atoms with Crippen LogP contribution in [0.1, 0.15) is 55.7 Å². The standard InChI is InChI=1S/C13H18N4O/c1-7(2)11-5-9(12(14)18)10-6-15-17(8(3)4)13(10)16-11/h5-8H,1-4H3,(H2,14,18). The Balaban J connectivity index is 2.79. The number of carbonyl (C=O) groups is 1. The van der Waals surface area contributed by atoms with Gasteiger partial charge in [0, 0.05) is 11.7 Å². The van der Waals surface area contributed by atoms with Gasteiger partial charge in [0.25, 0.3) is 0 Å². The average molecular weight is 246 g/mol. The third kappa shape index (κ3) is 1.96. The zero-order valence-corrected chi connectivity index (χ0v) is 11.1. The number of rotatable bonds is 3. The zero-order chi connectivity index (χ0) is 13.4. The molecule has 0 saturated carbocycles. The summed E-state index contributed by atoms with van der Waals surface area (Å²) in [5.41, 5.74) is 7.51. The highest BCUT2D eigenvalue weighted by atomic mass is 16.1. The summed E-state index contributed by atoms with van der Waals surface area (Å²) >= 11 is 0. The minimum Gasteiger partial charge on any atom is -0.366 e. The van der Waals surface area contributed by atoms with E-state index in [9.17, 15) is 4.79 Å². The van der Waals surface area contributed by atoms with Crippen LogP contribution in [0, 0.1) is 0 Å². The Morgan fingerprint density at radius 2 is 2.00 bits per heavy atom. The molecule has 2 aromatic heterocycles. The van der Waals surface area contributed by atoms with Crippen molar-refractivity contribution in [3.63, 3.8) is 0 Å². The minimum atomic E-state index is -0.437. The Morgan fingerprint density at radius 3 is 2.50 bits per heavy atom. The molecule has 2 heterocycles. The molecule has 96 valence electrons. The van der Waals surface area contributed by atoms with Gasteiger partial charge in [0.1, 0.15) is 0 Å². The van der Waals surface area contributed by atoms with Crippen molar-refractivity contribution in [1.82, 2.24) is 14.8 Å². The lowest BCUT2D eigenvalue weighted by molar-refractivity contribution is 0.100. The topological polar surface area (TPSA) is 73.8 Å². The first-order chi connectivity index (χ1) is 8.41. The maximum atomic E-state index is 11.5. The van der Waals surface area contributed by atoms with Crippen molar-refractivity contribution in [2.75, 3.05) is 0 Å². The molecule has 5 nitrogen and oxygen atoms in total. The number of carbonyl (C=O) groups excluding carboxylic acids is 1. The molecular formula is C13H18N4O. The smallest absolute Gasteiger partial charge is 0.249 e. The van der Waals surface area contributed by atoms with Crippen LogP contribution >= 0.6 is 0 Å². The molecule has 18 heavy (non-hydrogen) atoms. The Labute approximate surface area is 106 Å². The number of hydrogen-bond acceptors (Lipinski definition) is 3. The van der Waals surface area contributed by atoms with Crippen molar-refractivity contribution in [1.29, 1.82) is 0 Å². The molecule has 2 N–H and O–H groups in total.